The second kappa shape index (κ2) is 16.1. The van der Waals surface area contributed by atoms with Gasteiger partial charge in [0, 0.05) is 19.1 Å². The first-order valence-electron chi connectivity index (χ1n) is 15.7. The number of aliphatic hydroxyl groups excluding tert-OH is 1. The standard InChI is InChI=1S/C36H46N4O5/c1-24(2)33(40-19-18-37-36(40)44)35(43)38-29(20-27-14-7-5-8-15-27)22-31(41)30(21-28-16-9-6-10-17-28)39-32(42)23-45-34-25(3)12-11-13-26(34)4/h5-17,24,29-31,33,41H,18-23H2,1-4H3,(H,37,44)(H,38,43)(H,39,42)/t29-,30-,31-,33-/m0/s1. The molecule has 0 unspecified atom stereocenters. The van der Waals surface area contributed by atoms with E-state index in [-0.39, 0.29) is 36.8 Å². The first-order valence-corrected chi connectivity index (χ1v) is 15.7. The SMILES string of the molecule is Cc1cccc(C)c1OCC(=O)N[C@@H](Cc1ccccc1)[C@@H](O)C[C@H](Cc1ccccc1)NC(=O)[C@H](C(C)C)N1CCNC1=O. The van der Waals surface area contributed by atoms with E-state index in [2.05, 4.69) is 16.0 Å². The highest BCUT2D eigenvalue weighted by atomic mass is 16.5. The van der Waals surface area contributed by atoms with Gasteiger partial charge in [0.05, 0.1) is 12.1 Å². The third-order valence-corrected chi connectivity index (χ3v) is 8.19. The third-order valence-electron chi connectivity index (χ3n) is 8.19. The summed E-state index contributed by atoms with van der Waals surface area (Å²) >= 11 is 0. The van der Waals surface area contributed by atoms with Gasteiger partial charge in [-0.3, -0.25) is 9.59 Å². The van der Waals surface area contributed by atoms with E-state index in [1.165, 1.54) is 0 Å². The van der Waals surface area contributed by atoms with Crippen molar-refractivity contribution in [2.75, 3.05) is 19.7 Å². The Bertz CT molecular complexity index is 1400. The van der Waals surface area contributed by atoms with Crippen LogP contribution in [0.4, 0.5) is 4.79 Å². The minimum Gasteiger partial charge on any atom is -0.483 e. The van der Waals surface area contributed by atoms with Crippen LogP contribution in [0.1, 0.15) is 42.5 Å². The number of benzene rings is 3. The molecule has 1 heterocycles. The largest absolute Gasteiger partial charge is 0.483 e. The summed E-state index contributed by atoms with van der Waals surface area (Å²) in [6.07, 6.45) is 0.0669. The molecule has 9 nitrogen and oxygen atoms in total. The molecule has 0 saturated carbocycles. The zero-order chi connectivity index (χ0) is 32.3. The molecule has 9 heteroatoms. The highest BCUT2D eigenvalue weighted by Crippen LogP contribution is 2.22. The zero-order valence-corrected chi connectivity index (χ0v) is 26.7. The first kappa shape index (κ1) is 33.5. The zero-order valence-electron chi connectivity index (χ0n) is 26.7. The van der Waals surface area contributed by atoms with Crippen LogP contribution in [0.15, 0.2) is 78.9 Å². The second-order valence-corrected chi connectivity index (χ2v) is 12.2. The minimum absolute atomic E-state index is 0.113. The molecule has 0 aliphatic carbocycles. The maximum Gasteiger partial charge on any atom is 0.318 e. The number of carbonyl (C=O) groups is 3. The molecule has 240 valence electrons. The average Bonchev–Trinajstić information content (AvgIpc) is 3.42. The second-order valence-electron chi connectivity index (χ2n) is 12.2. The number of aryl methyl sites for hydroxylation is 2. The van der Waals surface area contributed by atoms with Crippen molar-refractivity contribution >= 4 is 17.8 Å². The van der Waals surface area contributed by atoms with Gasteiger partial charge in [-0.05, 0) is 61.3 Å². The van der Waals surface area contributed by atoms with E-state index in [0.29, 0.717) is 31.7 Å². The van der Waals surface area contributed by atoms with E-state index in [0.717, 1.165) is 22.3 Å². The van der Waals surface area contributed by atoms with Crippen LogP contribution in [0, 0.1) is 19.8 Å². The molecule has 4 rings (SSSR count). The van der Waals surface area contributed by atoms with Crippen LogP contribution in [-0.4, -0.2) is 71.8 Å². The lowest BCUT2D eigenvalue weighted by atomic mass is 9.93. The fourth-order valence-corrected chi connectivity index (χ4v) is 5.95. The van der Waals surface area contributed by atoms with E-state index in [1.54, 1.807) is 4.90 Å². The molecule has 45 heavy (non-hydrogen) atoms. The van der Waals surface area contributed by atoms with Crippen LogP contribution in [0.2, 0.25) is 0 Å². The van der Waals surface area contributed by atoms with Crippen LogP contribution in [-0.2, 0) is 22.4 Å². The number of nitrogens with zero attached hydrogens (tertiary/aromatic N) is 1. The molecule has 1 aliphatic heterocycles. The molecule has 1 fully saturated rings. The smallest absolute Gasteiger partial charge is 0.318 e. The number of aliphatic hydroxyl groups is 1. The fraction of sp³-hybridized carbons (Fsp3) is 0.417. The summed E-state index contributed by atoms with van der Waals surface area (Å²) in [6.45, 7) is 8.46. The Morgan fingerprint density at radius 2 is 1.49 bits per heavy atom. The van der Waals surface area contributed by atoms with Crippen molar-refractivity contribution in [2.45, 2.75) is 71.2 Å². The molecule has 0 aromatic heterocycles. The van der Waals surface area contributed by atoms with Crippen molar-refractivity contribution < 1.29 is 24.2 Å². The predicted octanol–water partition coefficient (Wildman–Crippen LogP) is 3.94. The fourth-order valence-electron chi connectivity index (χ4n) is 5.95. The van der Waals surface area contributed by atoms with Crippen molar-refractivity contribution in [3.63, 3.8) is 0 Å². The number of nitrogens with one attached hydrogen (secondary N) is 3. The number of hydrogen-bond donors (Lipinski definition) is 4. The number of hydrogen-bond acceptors (Lipinski definition) is 5. The summed E-state index contributed by atoms with van der Waals surface area (Å²) in [5.41, 5.74) is 3.84. The molecule has 4 atom stereocenters. The maximum absolute atomic E-state index is 13.7. The Morgan fingerprint density at radius 1 is 0.889 bits per heavy atom. The van der Waals surface area contributed by atoms with Gasteiger partial charge in [0.25, 0.3) is 5.91 Å². The van der Waals surface area contributed by atoms with Gasteiger partial charge in [-0.25, -0.2) is 4.79 Å². The number of amides is 4. The Hall–Kier alpha value is -4.37. The number of urea groups is 1. The van der Waals surface area contributed by atoms with E-state index in [4.69, 9.17) is 4.74 Å². The Kier molecular flexibility index (Phi) is 12.0. The summed E-state index contributed by atoms with van der Waals surface area (Å²) in [4.78, 5) is 40.9. The van der Waals surface area contributed by atoms with Crippen LogP contribution in [0.3, 0.4) is 0 Å². The van der Waals surface area contributed by atoms with Gasteiger partial charge in [0.15, 0.2) is 6.61 Å². The molecule has 1 saturated heterocycles. The third kappa shape index (κ3) is 9.56. The van der Waals surface area contributed by atoms with Crippen LogP contribution in [0.5, 0.6) is 5.75 Å². The molecule has 1 aliphatic rings. The monoisotopic (exact) mass is 614 g/mol. The Balaban J connectivity index is 1.52. The molecule has 3 aromatic rings. The van der Waals surface area contributed by atoms with E-state index in [9.17, 15) is 19.5 Å². The van der Waals surface area contributed by atoms with E-state index < -0.39 is 24.2 Å². The van der Waals surface area contributed by atoms with Gasteiger partial charge in [0.2, 0.25) is 5.91 Å². The number of carbonyl (C=O) groups excluding carboxylic acids is 3. The molecule has 0 radical (unpaired) electrons. The number of para-hydroxylation sites is 1. The van der Waals surface area contributed by atoms with Crippen molar-refractivity contribution in [1.82, 2.24) is 20.9 Å². The van der Waals surface area contributed by atoms with Crippen molar-refractivity contribution in [2.24, 2.45) is 5.92 Å². The molecule has 4 N–H and O–H groups in total. The lowest BCUT2D eigenvalue weighted by molar-refractivity contribution is -0.128. The number of ether oxygens (including phenoxy) is 1. The van der Waals surface area contributed by atoms with Gasteiger partial charge >= 0.3 is 6.03 Å². The molecule has 3 aromatic carbocycles. The van der Waals surface area contributed by atoms with Crippen molar-refractivity contribution in [1.29, 1.82) is 0 Å². The molecule has 0 bridgehead atoms. The Labute approximate surface area is 266 Å². The van der Waals surface area contributed by atoms with E-state index in [1.807, 2.05) is 107 Å². The molecular formula is C36H46N4O5. The summed E-state index contributed by atoms with van der Waals surface area (Å²) in [6, 6.07) is 23.2. The minimum atomic E-state index is -0.990. The van der Waals surface area contributed by atoms with Crippen LogP contribution in [0.25, 0.3) is 0 Å². The summed E-state index contributed by atoms with van der Waals surface area (Å²) in [5.74, 6) is -0.0509. The lowest BCUT2D eigenvalue weighted by Crippen LogP contribution is -2.55. The van der Waals surface area contributed by atoms with Crippen LogP contribution < -0.4 is 20.7 Å². The maximum atomic E-state index is 13.7. The quantitative estimate of drug-likeness (QED) is 0.207. The van der Waals surface area contributed by atoms with Crippen LogP contribution >= 0.6 is 0 Å². The number of rotatable bonds is 15. The van der Waals surface area contributed by atoms with Crippen molar-refractivity contribution in [3.8, 4) is 5.75 Å². The predicted molar refractivity (Wildman–Crippen MR) is 175 cm³/mol. The van der Waals surface area contributed by atoms with Gasteiger partial charge < -0.3 is 30.7 Å². The van der Waals surface area contributed by atoms with Crippen molar-refractivity contribution in [3.05, 3.63) is 101 Å². The summed E-state index contributed by atoms with van der Waals surface area (Å²) in [7, 11) is 0. The highest BCUT2D eigenvalue weighted by Gasteiger charge is 2.36. The van der Waals surface area contributed by atoms with Gasteiger partial charge in [-0.15, -0.1) is 0 Å². The normalized spacial score (nSPS) is 15.6. The molecule has 4 amide bonds. The topological polar surface area (TPSA) is 120 Å². The molecule has 0 spiro atoms. The van der Waals surface area contributed by atoms with Gasteiger partial charge in [-0.1, -0.05) is 92.7 Å². The summed E-state index contributed by atoms with van der Waals surface area (Å²) < 4.78 is 5.89. The Morgan fingerprint density at radius 3 is 2.04 bits per heavy atom. The average molecular weight is 615 g/mol. The first-order chi connectivity index (χ1) is 21.6. The molecular weight excluding hydrogens is 568 g/mol. The van der Waals surface area contributed by atoms with Gasteiger partial charge in [-0.2, -0.15) is 0 Å². The summed E-state index contributed by atoms with van der Waals surface area (Å²) in [5, 5.41) is 20.6. The van der Waals surface area contributed by atoms with Gasteiger partial charge in [0.1, 0.15) is 11.8 Å². The van der Waals surface area contributed by atoms with E-state index >= 15 is 0 Å². The lowest BCUT2D eigenvalue weighted by Gasteiger charge is -2.32. The highest BCUT2D eigenvalue weighted by molar-refractivity contribution is 5.88.